The molecule has 6 heteroatoms. The summed E-state index contributed by atoms with van der Waals surface area (Å²) in [7, 11) is -4.52. The minimum atomic E-state index is -4.52. The molecule has 2 rings (SSSR count). The molecule has 0 aliphatic rings. The lowest BCUT2D eigenvalue weighted by Crippen LogP contribution is -2.04. The van der Waals surface area contributed by atoms with E-state index in [1.54, 1.807) is 24.3 Å². The van der Waals surface area contributed by atoms with Crippen molar-refractivity contribution in [1.29, 1.82) is 0 Å². The molecule has 24 heavy (non-hydrogen) atoms. The first-order valence-electron chi connectivity index (χ1n) is 7.98. The number of para-hydroxylation sites is 1. The fraction of sp³-hybridized carbons (Fsp3) is 0.333. The van der Waals surface area contributed by atoms with Crippen LogP contribution in [0.2, 0.25) is 0 Å². The van der Waals surface area contributed by atoms with Gasteiger partial charge < -0.3 is 9.84 Å². The number of unbranched alkanes of at least 4 members (excludes halogenated alkanes) is 3. The van der Waals surface area contributed by atoms with E-state index in [0.29, 0.717) is 17.7 Å². The Labute approximate surface area is 142 Å². The zero-order valence-corrected chi connectivity index (χ0v) is 14.4. The van der Waals surface area contributed by atoms with Crippen molar-refractivity contribution < 1.29 is 22.8 Å². The molecule has 0 unspecified atom stereocenters. The van der Waals surface area contributed by atoms with Crippen LogP contribution in [0.1, 0.15) is 38.2 Å². The van der Waals surface area contributed by atoms with E-state index >= 15 is 0 Å². The summed E-state index contributed by atoms with van der Waals surface area (Å²) in [6.07, 6.45) is 4.56. The van der Waals surface area contributed by atoms with Gasteiger partial charge in [-0.25, -0.2) is 0 Å². The Bertz CT molecular complexity index is 769. The maximum Gasteiger partial charge on any atom is 0.298 e. The molecule has 0 fully saturated rings. The minimum absolute atomic E-state index is 0.0676. The molecule has 0 heterocycles. The Morgan fingerprint density at radius 3 is 2.38 bits per heavy atom. The van der Waals surface area contributed by atoms with Crippen molar-refractivity contribution in [3.8, 4) is 17.2 Å². The first-order valence-corrected chi connectivity index (χ1v) is 9.42. The Morgan fingerprint density at radius 2 is 1.75 bits per heavy atom. The minimum Gasteiger partial charge on any atom is -0.508 e. The van der Waals surface area contributed by atoms with E-state index in [0.717, 1.165) is 31.7 Å². The van der Waals surface area contributed by atoms with Crippen LogP contribution in [-0.4, -0.2) is 18.1 Å². The Hall–Kier alpha value is -2.05. The summed E-state index contributed by atoms with van der Waals surface area (Å²) >= 11 is 0. The van der Waals surface area contributed by atoms with Gasteiger partial charge in [-0.2, -0.15) is 8.42 Å². The van der Waals surface area contributed by atoms with E-state index in [2.05, 4.69) is 6.92 Å². The first kappa shape index (κ1) is 18.3. The molecule has 0 radical (unpaired) electrons. The maximum atomic E-state index is 11.7. The van der Waals surface area contributed by atoms with Gasteiger partial charge in [0.2, 0.25) is 0 Å². The van der Waals surface area contributed by atoms with E-state index in [1.807, 2.05) is 6.07 Å². The average Bonchev–Trinajstić information content (AvgIpc) is 2.53. The number of hydrogen-bond acceptors (Lipinski definition) is 4. The molecular weight excluding hydrogens is 328 g/mol. The average molecular weight is 350 g/mol. The van der Waals surface area contributed by atoms with Crippen LogP contribution in [0.3, 0.4) is 0 Å². The van der Waals surface area contributed by atoms with Gasteiger partial charge >= 0.3 is 0 Å². The van der Waals surface area contributed by atoms with Gasteiger partial charge in [-0.3, -0.25) is 4.55 Å². The lowest BCUT2D eigenvalue weighted by Gasteiger charge is -2.15. The van der Waals surface area contributed by atoms with Crippen molar-refractivity contribution in [2.45, 2.75) is 43.9 Å². The molecule has 2 N–H and O–H groups in total. The van der Waals surface area contributed by atoms with Crippen LogP contribution in [-0.2, 0) is 16.5 Å². The summed E-state index contributed by atoms with van der Waals surface area (Å²) in [5.41, 5.74) is 0.558. The number of rotatable bonds is 8. The van der Waals surface area contributed by atoms with Crippen molar-refractivity contribution in [3.05, 3.63) is 48.0 Å². The molecule has 0 atom stereocenters. The highest BCUT2D eigenvalue weighted by Gasteiger charge is 2.22. The quantitative estimate of drug-likeness (QED) is 0.539. The number of phenolic OH excluding ortho intramolecular Hbond substituents is 1. The summed E-state index contributed by atoms with van der Waals surface area (Å²) in [5.74, 6) is 0.314. The molecule has 130 valence electrons. The molecule has 0 aromatic heterocycles. The summed E-state index contributed by atoms with van der Waals surface area (Å²) in [4.78, 5) is -0.420. The standard InChI is InChI=1S/C18H22O5S/c1-2-3-4-6-9-14-12-15(19)13-17(24(20,21)22)18(14)23-16-10-7-5-8-11-16/h5,7-8,10-13,19H,2-4,6,9H2,1H3,(H,20,21,22). The molecule has 5 nitrogen and oxygen atoms in total. The molecule has 0 spiro atoms. The molecule has 0 amide bonds. The molecule has 0 aliphatic carbocycles. The third-order valence-corrected chi connectivity index (χ3v) is 4.52. The molecule has 0 saturated carbocycles. The monoisotopic (exact) mass is 350 g/mol. The van der Waals surface area contributed by atoms with Crippen molar-refractivity contribution in [2.75, 3.05) is 0 Å². The summed E-state index contributed by atoms with van der Waals surface area (Å²) in [6, 6.07) is 11.2. The van der Waals surface area contributed by atoms with Crippen molar-refractivity contribution in [2.24, 2.45) is 0 Å². The third-order valence-electron chi connectivity index (χ3n) is 3.66. The van der Waals surface area contributed by atoms with Crippen molar-refractivity contribution in [3.63, 3.8) is 0 Å². The number of aromatic hydroxyl groups is 1. The van der Waals surface area contributed by atoms with Gasteiger partial charge in [-0.05, 0) is 36.6 Å². The van der Waals surface area contributed by atoms with Gasteiger partial charge in [0.15, 0.2) is 5.75 Å². The fourth-order valence-electron chi connectivity index (χ4n) is 2.49. The predicted molar refractivity (Wildman–Crippen MR) is 92.3 cm³/mol. The van der Waals surface area contributed by atoms with Gasteiger partial charge in [0.25, 0.3) is 10.1 Å². The molecule has 2 aromatic rings. The lowest BCUT2D eigenvalue weighted by molar-refractivity contribution is 0.433. The van der Waals surface area contributed by atoms with Gasteiger partial charge in [0.05, 0.1) is 0 Å². The second-order valence-electron chi connectivity index (χ2n) is 5.63. The van der Waals surface area contributed by atoms with Gasteiger partial charge in [0.1, 0.15) is 16.4 Å². The normalized spacial score (nSPS) is 11.4. The second kappa shape index (κ2) is 8.17. The Balaban J connectivity index is 2.41. The van der Waals surface area contributed by atoms with Gasteiger partial charge in [0, 0.05) is 6.07 Å². The van der Waals surface area contributed by atoms with Crippen LogP contribution in [0.15, 0.2) is 47.4 Å². The van der Waals surface area contributed by atoms with E-state index in [1.165, 1.54) is 6.07 Å². The molecule has 0 aliphatic heterocycles. The van der Waals surface area contributed by atoms with Crippen LogP contribution < -0.4 is 4.74 Å². The first-order chi connectivity index (χ1) is 11.4. The van der Waals surface area contributed by atoms with E-state index in [-0.39, 0.29) is 11.5 Å². The Kier molecular flexibility index (Phi) is 6.23. The molecular formula is C18H22O5S. The number of phenols is 1. The van der Waals surface area contributed by atoms with Crippen molar-refractivity contribution >= 4 is 10.1 Å². The summed E-state index contributed by atoms with van der Waals surface area (Å²) in [6.45, 7) is 2.11. The van der Waals surface area contributed by atoms with Crippen LogP contribution in [0, 0.1) is 0 Å². The van der Waals surface area contributed by atoms with Crippen molar-refractivity contribution in [1.82, 2.24) is 0 Å². The summed E-state index contributed by atoms with van der Waals surface area (Å²) in [5, 5.41) is 9.82. The van der Waals surface area contributed by atoms with Crippen LogP contribution in [0.4, 0.5) is 0 Å². The second-order valence-corrected chi connectivity index (χ2v) is 7.02. The van der Waals surface area contributed by atoms with E-state index in [9.17, 15) is 18.1 Å². The fourth-order valence-corrected chi connectivity index (χ4v) is 3.16. The van der Waals surface area contributed by atoms with Gasteiger partial charge in [-0.15, -0.1) is 0 Å². The number of aryl methyl sites for hydroxylation is 1. The SMILES string of the molecule is CCCCCCc1cc(O)cc(S(=O)(=O)O)c1Oc1ccccc1. The number of benzene rings is 2. The van der Waals surface area contributed by atoms with Crippen LogP contribution in [0.5, 0.6) is 17.2 Å². The highest BCUT2D eigenvalue weighted by Crippen LogP contribution is 2.36. The smallest absolute Gasteiger partial charge is 0.298 e. The zero-order chi connectivity index (χ0) is 17.6. The molecule has 0 saturated heterocycles. The van der Waals surface area contributed by atoms with Crippen LogP contribution >= 0.6 is 0 Å². The lowest BCUT2D eigenvalue weighted by atomic mass is 10.0. The largest absolute Gasteiger partial charge is 0.508 e. The van der Waals surface area contributed by atoms with Gasteiger partial charge in [-0.1, -0.05) is 44.4 Å². The van der Waals surface area contributed by atoms with E-state index in [4.69, 9.17) is 4.74 Å². The predicted octanol–water partition coefficient (Wildman–Crippen LogP) is 4.55. The topological polar surface area (TPSA) is 83.8 Å². The molecule has 2 aromatic carbocycles. The third kappa shape index (κ3) is 4.97. The van der Waals surface area contributed by atoms with Crippen LogP contribution in [0.25, 0.3) is 0 Å². The number of hydrogen-bond donors (Lipinski definition) is 2. The number of ether oxygens (including phenoxy) is 1. The highest BCUT2D eigenvalue weighted by molar-refractivity contribution is 7.86. The highest BCUT2D eigenvalue weighted by atomic mass is 32.2. The maximum absolute atomic E-state index is 11.7. The van der Waals surface area contributed by atoms with E-state index < -0.39 is 15.0 Å². The molecule has 0 bridgehead atoms. The Morgan fingerprint density at radius 1 is 1.04 bits per heavy atom. The zero-order valence-electron chi connectivity index (χ0n) is 13.6. The summed E-state index contributed by atoms with van der Waals surface area (Å²) < 4.78 is 38.6.